The van der Waals surface area contributed by atoms with Gasteiger partial charge in [0, 0.05) is 18.5 Å². The number of ether oxygens (including phenoxy) is 1. The Kier molecular flexibility index (Phi) is 8.15. The molecule has 1 saturated heterocycles. The number of halogens is 2. The van der Waals surface area contributed by atoms with E-state index in [1.165, 1.54) is 16.8 Å². The van der Waals surface area contributed by atoms with Crippen molar-refractivity contribution in [3.63, 3.8) is 0 Å². The van der Waals surface area contributed by atoms with Crippen LogP contribution >= 0.6 is 0 Å². The number of sulfonamides is 1. The monoisotopic (exact) mass is 638 g/mol. The summed E-state index contributed by atoms with van der Waals surface area (Å²) in [6.07, 6.45) is -2.78. The summed E-state index contributed by atoms with van der Waals surface area (Å²) in [5.41, 5.74) is 4.09. The third-order valence-electron chi connectivity index (χ3n) is 8.44. The number of alkyl halides is 2. The highest BCUT2D eigenvalue weighted by Crippen LogP contribution is 2.48. The van der Waals surface area contributed by atoms with Crippen LogP contribution in [0.1, 0.15) is 52.5 Å². The third kappa shape index (κ3) is 6.11. The van der Waals surface area contributed by atoms with Crippen molar-refractivity contribution >= 4 is 27.7 Å². The molecule has 1 aromatic heterocycles. The maximum atomic E-state index is 13.8. The van der Waals surface area contributed by atoms with Crippen molar-refractivity contribution in [3.8, 4) is 17.1 Å². The topological polar surface area (TPSA) is 192 Å². The van der Waals surface area contributed by atoms with Crippen molar-refractivity contribution in [2.75, 3.05) is 13.7 Å². The Morgan fingerprint density at radius 2 is 1.82 bits per heavy atom. The molecule has 4 N–H and O–H groups in total. The molecule has 5 atom stereocenters. The first-order valence-electron chi connectivity index (χ1n) is 14.2. The molecule has 3 aliphatic rings. The molecule has 14 nitrogen and oxygen atoms in total. The maximum Gasteiger partial charge on any atom is 0.259 e. The highest BCUT2D eigenvalue weighted by Gasteiger charge is 2.66. The summed E-state index contributed by atoms with van der Waals surface area (Å²) in [4.78, 5) is 42.9. The number of nitrogens with one attached hydrogen (secondary N) is 2. The third-order valence-corrected chi connectivity index (χ3v) is 10.3. The summed E-state index contributed by atoms with van der Waals surface area (Å²) in [6.45, 7) is 5.23. The van der Waals surface area contributed by atoms with Crippen LogP contribution in [0.3, 0.4) is 0 Å². The van der Waals surface area contributed by atoms with E-state index in [1.807, 2.05) is 4.72 Å². The van der Waals surface area contributed by atoms with Crippen molar-refractivity contribution in [1.29, 1.82) is 0 Å². The van der Waals surface area contributed by atoms with Gasteiger partial charge in [0.2, 0.25) is 34.1 Å². The number of aromatic nitrogens is 4. The quantitative estimate of drug-likeness (QED) is 0.332. The van der Waals surface area contributed by atoms with Gasteiger partial charge in [0.25, 0.3) is 5.91 Å². The molecule has 2 aliphatic carbocycles. The minimum Gasteiger partial charge on any atom is -0.497 e. The summed E-state index contributed by atoms with van der Waals surface area (Å²) in [6, 6.07) is 4.04. The first kappa shape index (κ1) is 31.7. The van der Waals surface area contributed by atoms with Crippen molar-refractivity contribution in [1.82, 2.24) is 35.1 Å². The highest BCUT2D eigenvalue weighted by molar-refractivity contribution is 7.91. The van der Waals surface area contributed by atoms with Crippen LogP contribution in [0.5, 0.6) is 5.75 Å². The predicted molar refractivity (Wildman–Crippen MR) is 151 cm³/mol. The molecule has 2 aromatic rings. The molecule has 3 fully saturated rings. The van der Waals surface area contributed by atoms with Gasteiger partial charge in [-0.1, -0.05) is 20.8 Å². The lowest BCUT2D eigenvalue weighted by atomic mass is 9.86. The number of benzene rings is 1. The standard InChI is InChI=1S/C27H36F2N8O6S/c1-26(2,3)20(30)24(39)36-13-15(37-33-22(32-35-37)14-5-7-16(43-4)8-6-14)11-19(36)23(38)31-27(12-18(27)21(28)29)25(40)34-44(41,42)17-9-10-17/h5-8,15,17-21H,9-13,30H2,1-4H3,(H,31,38)(H,34,40)/t15-,18+,19?,20-,27+/m1/s1. The van der Waals surface area contributed by atoms with Gasteiger partial charge in [-0.05, 0) is 54.2 Å². The van der Waals surface area contributed by atoms with Crippen LogP contribution < -0.4 is 20.5 Å². The molecule has 2 heterocycles. The van der Waals surface area contributed by atoms with Crippen LogP contribution in [0.25, 0.3) is 11.4 Å². The van der Waals surface area contributed by atoms with Gasteiger partial charge in [0.1, 0.15) is 17.3 Å². The Hall–Kier alpha value is -3.73. The van der Waals surface area contributed by atoms with E-state index in [2.05, 4.69) is 20.7 Å². The lowest BCUT2D eigenvalue weighted by molar-refractivity contribution is -0.142. The van der Waals surface area contributed by atoms with Crippen molar-refractivity contribution < 1.29 is 36.3 Å². The van der Waals surface area contributed by atoms with E-state index in [0.717, 1.165) is 0 Å². The average Bonchev–Trinajstić information content (AvgIpc) is 3.85. The fraction of sp³-hybridized carbons (Fsp3) is 0.630. The molecule has 240 valence electrons. The summed E-state index contributed by atoms with van der Waals surface area (Å²) >= 11 is 0. The smallest absolute Gasteiger partial charge is 0.259 e. The normalized spacial score (nSPS) is 25.9. The minimum absolute atomic E-state index is 0.0374. The van der Waals surface area contributed by atoms with Crippen LogP contribution in [0.2, 0.25) is 0 Å². The van der Waals surface area contributed by atoms with Gasteiger partial charge in [-0.25, -0.2) is 17.2 Å². The van der Waals surface area contributed by atoms with Crippen molar-refractivity contribution in [2.24, 2.45) is 17.1 Å². The number of hydrogen-bond donors (Lipinski definition) is 3. The molecule has 1 aliphatic heterocycles. The Labute approximate surface area is 253 Å². The van der Waals surface area contributed by atoms with Gasteiger partial charge >= 0.3 is 0 Å². The zero-order chi connectivity index (χ0) is 32.2. The molecule has 5 rings (SSSR count). The number of hydrogen-bond acceptors (Lipinski definition) is 10. The second kappa shape index (κ2) is 11.3. The number of methoxy groups -OCH3 is 1. The molecule has 0 bridgehead atoms. The van der Waals surface area contributed by atoms with E-state index in [9.17, 15) is 31.6 Å². The lowest BCUT2D eigenvalue weighted by Crippen LogP contribution is -2.59. The van der Waals surface area contributed by atoms with Gasteiger partial charge in [-0.3, -0.25) is 19.1 Å². The number of nitrogens with zero attached hydrogens (tertiary/aromatic N) is 5. The van der Waals surface area contributed by atoms with Crippen molar-refractivity contribution in [3.05, 3.63) is 24.3 Å². The Bertz CT molecular complexity index is 1540. The SMILES string of the molecule is COc1ccc(-c2nnn([C@@H]3CC(C(=O)N[C@@]4(C(=O)NS(=O)(=O)C5CC5)C[C@H]4C(F)F)N(C(=O)[C@@H](N)C(C)(C)C)C3)n2)cc1. The Morgan fingerprint density at radius 1 is 1.16 bits per heavy atom. The van der Waals surface area contributed by atoms with Crippen LogP contribution in [0.4, 0.5) is 8.78 Å². The maximum absolute atomic E-state index is 13.8. The van der Waals surface area contributed by atoms with Crippen LogP contribution in [-0.4, -0.2) is 94.2 Å². The number of tetrazole rings is 1. The first-order chi connectivity index (χ1) is 20.6. The van der Waals surface area contributed by atoms with Gasteiger partial charge in [-0.15, -0.1) is 10.2 Å². The average molecular weight is 639 g/mol. The van der Waals surface area contributed by atoms with E-state index in [1.54, 1.807) is 45.0 Å². The number of likely N-dealkylation sites (tertiary alicyclic amines) is 1. The minimum atomic E-state index is -4.07. The molecule has 0 radical (unpaired) electrons. The van der Waals surface area contributed by atoms with Gasteiger partial charge in [-0.2, -0.15) is 4.80 Å². The molecular weight excluding hydrogens is 602 g/mol. The number of carbonyl (C=O) groups is 3. The fourth-order valence-corrected chi connectivity index (χ4v) is 6.66. The van der Waals surface area contributed by atoms with Gasteiger partial charge < -0.3 is 20.7 Å². The summed E-state index contributed by atoms with van der Waals surface area (Å²) in [5.74, 6) is -3.34. The summed E-state index contributed by atoms with van der Waals surface area (Å²) < 4.78 is 59.5. The molecular formula is C27H36F2N8O6S. The van der Waals surface area contributed by atoms with E-state index in [-0.39, 0.29) is 18.8 Å². The van der Waals surface area contributed by atoms with Crippen LogP contribution in [-0.2, 0) is 24.4 Å². The Morgan fingerprint density at radius 3 is 2.36 bits per heavy atom. The van der Waals surface area contributed by atoms with E-state index < -0.39 is 80.8 Å². The van der Waals surface area contributed by atoms with E-state index in [4.69, 9.17) is 10.5 Å². The number of carbonyl (C=O) groups excluding carboxylic acids is 3. The largest absolute Gasteiger partial charge is 0.497 e. The van der Waals surface area contributed by atoms with Gasteiger partial charge in [0.05, 0.1) is 30.4 Å². The predicted octanol–water partition coefficient (Wildman–Crippen LogP) is 0.613. The summed E-state index contributed by atoms with van der Waals surface area (Å²) in [5, 5.41) is 14.3. The number of amides is 3. The molecule has 44 heavy (non-hydrogen) atoms. The summed E-state index contributed by atoms with van der Waals surface area (Å²) in [7, 11) is -2.53. The second-order valence-electron chi connectivity index (χ2n) is 12.7. The first-order valence-corrected chi connectivity index (χ1v) is 15.8. The zero-order valence-electron chi connectivity index (χ0n) is 24.7. The van der Waals surface area contributed by atoms with E-state index in [0.29, 0.717) is 24.2 Å². The van der Waals surface area contributed by atoms with Crippen molar-refractivity contribution in [2.45, 2.75) is 81.8 Å². The lowest BCUT2D eigenvalue weighted by Gasteiger charge is -2.33. The van der Waals surface area contributed by atoms with Crippen LogP contribution in [0, 0.1) is 11.3 Å². The number of rotatable bonds is 10. The Balaban J connectivity index is 1.40. The molecule has 3 amide bonds. The molecule has 1 unspecified atom stereocenters. The second-order valence-corrected chi connectivity index (χ2v) is 14.6. The van der Waals surface area contributed by atoms with Gasteiger partial charge in [0.15, 0.2) is 0 Å². The number of nitrogens with two attached hydrogens (primary N) is 1. The van der Waals surface area contributed by atoms with Crippen LogP contribution in [0.15, 0.2) is 24.3 Å². The fourth-order valence-electron chi connectivity index (χ4n) is 5.30. The zero-order valence-corrected chi connectivity index (χ0v) is 25.6. The highest BCUT2D eigenvalue weighted by atomic mass is 32.2. The van der Waals surface area contributed by atoms with E-state index >= 15 is 0 Å². The molecule has 0 spiro atoms. The molecule has 2 saturated carbocycles. The molecule has 17 heteroatoms. The molecule has 1 aromatic carbocycles.